The van der Waals surface area contributed by atoms with Crippen LogP contribution in [-0.2, 0) is 24.2 Å². The van der Waals surface area contributed by atoms with Gasteiger partial charge in [0.05, 0.1) is 30.9 Å². The highest BCUT2D eigenvalue weighted by atomic mass is 32.2. The van der Waals surface area contributed by atoms with Crippen molar-refractivity contribution in [3.8, 4) is 5.75 Å². The second-order valence-corrected chi connectivity index (χ2v) is 13.7. The highest BCUT2D eigenvalue weighted by Crippen LogP contribution is 2.40. The van der Waals surface area contributed by atoms with Crippen LogP contribution in [0.3, 0.4) is 0 Å². The number of sulfone groups is 1. The fourth-order valence-electron chi connectivity index (χ4n) is 5.67. The van der Waals surface area contributed by atoms with Crippen LogP contribution >= 0.6 is 0 Å². The van der Waals surface area contributed by atoms with Gasteiger partial charge < -0.3 is 30.5 Å². The fraction of sp³-hybridized carbons (Fsp3) is 0.294. The number of fused-ring (bicyclic) bond motifs is 1. The Hall–Kier alpha value is -5.72. The minimum atomic E-state index is -5.08. The molecule has 2 amide bonds. The molecule has 5 N–H and O–H groups in total. The lowest BCUT2D eigenvalue weighted by Gasteiger charge is -2.31. The van der Waals surface area contributed by atoms with Crippen LogP contribution in [0.15, 0.2) is 65.7 Å². The van der Waals surface area contributed by atoms with Crippen molar-refractivity contribution in [2.45, 2.75) is 42.9 Å². The summed E-state index contributed by atoms with van der Waals surface area (Å²) >= 11 is 0. The molecule has 0 spiro atoms. The van der Waals surface area contributed by atoms with Gasteiger partial charge in [-0.3, -0.25) is 10.1 Å². The number of anilines is 3. The maximum Gasteiger partial charge on any atom is 0.490 e. The number of carboxylic acid groups (broad SMARTS) is 1. The van der Waals surface area contributed by atoms with Gasteiger partial charge in [-0.2, -0.15) is 13.2 Å². The highest BCUT2D eigenvalue weighted by Gasteiger charge is 2.39. The monoisotopic (exact) mass is 767 g/mol. The van der Waals surface area contributed by atoms with Crippen LogP contribution in [0.5, 0.6) is 5.75 Å². The largest absolute Gasteiger partial charge is 0.494 e. The van der Waals surface area contributed by atoms with Crippen LogP contribution in [-0.4, -0.2) is 74.1 Å². The molecule has 0 aliphatic carbocycles. The number of hydrogen-bond acceptors (Lipinski definition) is 10. The second-order valence-electron chi connectivity index (χ2n) is 11.5. The first-order chi connectivity index (χ1) is 24.9. The quantitative estimate of drug-likeness (QED) is 0.141. The van der Waals surface area contributed by atoms with E-state index in [2.05, 4.69) is 20.4 Å². The normalized spacial score (nSPS) is 14.9. The molecular weight excluding hydrogens is 733 g/mol. The van der Waals surface area contributed by atoms with Crippen LogP contribution in [0.25, 0.3) is 10.8 Å². The van der Waals surface area contributed by atoms with Gasteiger partial charge in [0.25, 0.3) is 0 Å². The molecule has 0 radical (unpaired) electrons. The Bertz CT molecular complexity index is 2130. The van der Waals surface area contributed by atoms with Crippen molar-refractivity contribution in [2.24, 2.45) is 0 Å². The molecule has 1 saturated heterocycles. The highest BCUT2D eigenvalue weighted by molar-refractivity contribution is 7.91. The predicted octanol–water partition coefficient (Wildman–Crippen LogP) is 6.23. The molecule has 19 heteroatoms. The molecule has 1 fully saturated rings. The van der Waals surface area contributed by atoms with Crippen LogP contribution in [0.2, 0.25) is 0 Å². The number of alkyl halides is 3. The number of rotatable bonds is 9. The van der Waals surface area contributed by atoms with Crippen LogP contribution in [0.1, 0.15) is 43.0 Å². The number of likely N-dealkylation sites (tertiary alicyclic amines) is 1. The number of halogens is 5. The third-order valence-electron chi connectivity index (χ3n) is 8.23. The number of pyridine rings is 1. The Kier molecular flexibility index (Phi) is 12.3. The molecule has 2 atom stereocenters. The Morgan fingerprint density at radius 1 is 1.04 bits per heavy atom. The molecule has 0 saturated carbocycles. The molecule has 1 aromatic heterocycles. The summed E-state index contributed by atoms with van der Waals surface area (Å²) in [6.45, 7) is 1.73. The number of benzene rings is 3. The van der Waals surface area contributed by atoms with Crippen molar-refractivity contribution in [3.05, 3.63) is 83.6 Å². The number of hydrogen-bond donors (Lipinski definition) is 4. The second kappa shape index (κ2) is 16.3. The standard InChI is InChI=1S/C32H33F2N5O6S.C2HF3O2/c1-4-46(42,43)28-10-8-20(38-32(41)45-3)15-23(28)26-6-5-13-39(26)31(40)29(22-16-27(44-2)25(34)17-24(22)33)37-19-7-9-21-18(14-19)11-12-36-30(21)35;3-2(4,5)1(6)7/h7-12,14-17,26,29,37H,4-6,13H2,1-3H3,(H2,35,36)(H,38,41);(H,6,7)/t26-,29+;/m1./s1. The third-order valence-corrected chi connectivity index (χ3v) is 10.0. The average molecular weight is 768 g/mol. The third kappa shape index (κ3) is 9.21. The van der Waals surface area contributed by atoms with Crippen LogP contribution < -0.4 is 21.1 Å². The number of carbonyl (C=O) groups is 3. The van der Waals surface area contributed by atoms with E-state index in [-0.39, 0.29) is 34.2 Å². The molecular formula is C34H34F5N5O8S. The van der Waals surface area contributed by atoms with Gasteiger partial charge in [-0.1, -0.05) is 6.92 Å². The number of carbonyl (C=O) groups excluding carboxylic acids is 2. The lowest BCUT2D eigenvalue weighted by Crippen LogP contribution is -2.38. The minimum absolute atomic E-state index is 0.00924. The number of aliphatic carboxylic acids is 1. The first-order valence-corrected chi connectivity index (χ1v) is 17.3. The molecule has 13 nitrogen and oxygen atoms in total. The van der Waals surface area contributed by atoms with Gasteiger partial charge in [0.15, 0.2) is 21.4 Å². The van der Waals surface area contributed by atoms with Crippen molar-refractivity contribution in [1.82, 2.24) is 9.88 Å². The molecule has 1 aliphatic heterocycles. The van der Waals surface area contributed by atoms with Crippen molar-refractivity contribution < 1.29 is 59.3 Å². The lowest BCUT2D eigenvalue weighted by molar-refractivity contribution is -0.192. The molecule has 0 unspecified atom stereocenters. The van der Waals surface area contributed by atoms with Gasteiger partial charge >= 0.3 is 18.2 Å². The van der Waals surface area contributed by atoms with Crippen molar-refractivity contribution in [3.63, 3.8) is 0 Å². The number of methoxy groups -OCH3 is 2. The zero-order valence-corrected chi connectivity index (χ0v) is 29.1. The molecule has 1 aliphatic rings. The Balaban J connectivity index is 0.000000815. The van der Waals surface area contributed by atoms with E-state index >= 15 is 4.39 Å². The Labute approximate surface area is 299 Å². The number of nitrogens with one attached hydrogen (secondary N) is 2. The average Bonchev–Trinajstić information content (AvgIpc) is 3.60. The van der Waals surface area contributed by atoms with E-state index in [4.69, 9.17) is 20.4 Å². The van der Waals surface area contributed by atoms with Gasteiger partial charge in [0.1, 0.15) is 17.7 Å². The summed E-state index contributed by atoms with van der Waals surface area (Å²) in [6.07, 6.45) is -3.39. The zero-order chi connectivity index (χ0) is 39.2. The predicted molar refractivity (Wildman–Crippen MR) is 183 cm³/mol. The summed E-state index contributed by atoms with van der Waals surface area (Å²) in [4.78, 5) is 40.9. The lowest BCUT2D eigenvalue weighted by atomic mass is 10.00. The van der Waals surface area contributed by atoms with Gasteiger partial charge in [0, 0.05) is 41.1 Å². The molecule has 3 aromatic carbocycles. The van der Waals surface area contributed by atoms with Gasteiger partial charge in [-0.25, -0.2) is 31.8 Å². The molecule has 2 heterocycles. The minimum Gasteiger partial charge on any atom is -0.494 e. The number of amides is 2. The SMILES string of the molecule is CCS(=O)(=O)c1ccc(NC(=O)OC)cc1[C@H]1CCCN1C(=O)[C@@H](Nc1ccc2c(N)nccc2c1)c1cc(OC)c(F)cc1F.O=C(O)C(F)(F)F. The number of nitrogen functional groups attached to an aromatic ring is 1. The fourth-order valence-corrected chi connectivity index (χ4v) is 6.81. The number of nitrogens with two attached hydrogens (primary N) is 1. The van der Waals surface area contributed by atoms with Gasteiger partial charge in [-0.05, 0) is 72.3 Å². The maximum absolute atomic E-state index is 15.5. The summed E-state index contributed by atoms with van der Waals surface area (Å²) in [5, 5.41) is 14.2. The summed E-state index contributed by atoms with van der Waals surface area (Å²) in [5.41, 5.74) is 6.83. The molecule has 5 rings (SSSR count). The first kappa shape index (κ1) is 40.1. The summed E-state index contributed by atoms with van der Waals surface area (Å²) in [5.74, 6) is -5.41. The zero-order valence-electron chi connectivity index (χ0n) is 28.3. The van der Waals surface area contributed by atoms with E-state index in [0.29, 0.717) is 46.7 Å². The smallest absolute Gasteiger partial charge is 0.490 e. The number of aromatic nitrogens is 1. The van der Waals surface area contributed by atoms with E-state index in [1.165, 1.54) is 50.4 Å². The van der Waals surface area contributed by atoms with E-state index in [1.807, 2.05) is 0 Å². The van der Waals surface area contributed by atoms with E-state index in [0.717, 1.165) is 6.07 Å². The first-order valence-electron chi connectivity index (χ1n) is 15.7. The van der Waals surface area contributed by atoms with Gasteiger partial charge in [-0.15, -0.1) is 0 Å². The van der Waals surface area contributed by atoms with Crippen molar-refractivity contribution in [1.29, 1.82) is 0 Å². The van der Waals surface area contributed by atoms with E-state index in [9.17, 15) is 35.6 Å². The molecule has 53 heavy (non-hydrogen) atoms. The maximum atomic E-state index is 15.5. The van der Waals surface area contributed by atoms with E-state index in [1.54, 1.807) is 24.3 Å². The number of ether oxygens (including phenoxy) is 2. The number of nitrogens with zero attached hydrogens (tertiary/aromatic N) is 2. The molecule has 284 valence electrons. The number of carboxylic acids is 1. The summed E-state index contributed by atoms with van der Waals surface area (Å²) in [7, 11) is -1.34. The van der Waals surface area contributed by atoms with E-state index < -0.39 is 57.7 Å². The van der Waals surface area contributed by atoms with Crippen LogP contribution in [0, 0.1) is 11.6 Å². The summed E-state index contributed by atoms with van der Waals surface area (Å²) in [6, 6.07) is 10.8. The van der Waals surface area contributed by atoms with Crippen LogP contribution in [0.4, 0.5) is 43.9 Å². The summed E-state index contributed by atoms with van der Waals surface area (Å²) < 4.78 is 97.9. The van der Waals surface area contributed by atoms with Gasteiger partial charge in [0.2, 0.25) is 5.91 Å². The molecule has 4 aromatic rings. The molecule has 0 bridgehead atoms. The van der Waals surface area contributed by atoms with Crippen molar-refractivity contribution >= 4 is 55.8 Å². The van der Waals surface area contributed by atoms with Crippen molar-refractivity contribution in [2.75, 3.05) is 42.9 Å². The topological polar surface area (TPSA) is 190 Å². The Morgan fingerprint density at radius 3 is 2.34 bits per heavy atom. The Morgan fingerprint density at radius 2 is 1.72 bits per heavy atom.